The second kappa shape index (κ2) is 7.50. The summed E-state index contributed by atoms with van der Waals surface area (Å²) in [7, 11) is 0. The van der Waals surface area contributed by atoms with Gasteiger partial charge in [0.2, 0.25) is 5.91 Å². The first-order chi connectivity index (χ1) is 15.1. The van der Waals surface area contributed by atoms with E-state index in [0.717, 1.165) is 11.3 Å². The Morgan fingerprint density at radius 2 is 1.77 bits per heavy atom. The largest absolute Gasteiger partial charge is 0.493 e. The number of ether oxygens (including phenoxy) is 3. The van der Waals surface area contributed by atoms with E-state index in [1.54, 1.807) is 42.5 Å². The van der Waals surface area contributed by atoms with Crippen LogP contribution in [0.2, 0.25) is 0 Å². The summed E-state index contributed by atoms with van der Waals surface area (Å²) in [6.07, 6.45) is 1.08. The average molecular weight is 423 g/mol. The van der Waals surface area contributed by atoms with Gasteiger partial charge in [-0.1, -0.05) is 18.2 Å². The van der Waals surface area contributed by atoms with Crippen molar-refractivity contribution in [2.24, 2.45) is 0 Å². The van der Waals surface area contributed by atoms with E-state index < -0.39 is 29.9 Å². The van der Waals surface area contributed by atoms with E-state index in [1.165, 1.54) is 0 Å². The summed E-state index contributed by atoms with van der Waals surface area (Å²) in [5.74, 6) is 0.770. The topological polar surface area (TPSA) is 106 Å². The van der Waals surface area contributed by atoms with Crippen LogP contribution in [0.3, 0.4) is 0 Å². The van der Waals surface area contributed by atoms with Gasteiger partial charge in [-0.2, -0.15) is 0 Å². The lowest BCUT2D eigenvalue weighted by molar-refractivity contribution is -0.135. The number of fused-ring (bicyclic) bond motifs is 3. The quantitative estimate of drug-likeness (QED) is 0.732. The highest BCUT2D eigenvalue weighted by Crippen LogP contribution is 2.41. The minimum Gasteiger partial charge on any atom is -0.493 e. The van der Waals surface area contributed by atoms with Crippen molar-refractivity contribution < 1.29 is 28.6 Å². The van der Waals surface area contributed by atoms with E-state index >= 15 is 0 Å². The number of hydrogen-bond acceptors (Lipinski definition) is 6. The molecular weight excluding hydrogens is 402 g/mol. The van der Waals surface area contributed by atoms with E-state index in [2.05, 4.69) is 10.6 Å². The molecular formula is C22H21N3O6. The van der Waals surface area contributed by atoms with Crippen LogP contribution in [-0.2, 0) is 15.1 Å². The van der Waals surface area contributed by atoms with Crippen molar-refractivity contribution in [3.63, 3.8) is 0 Å². The SMILES string of the molecule is O=C(CN1C(=O)NC2(CCOc3ccccc32)C1=O)Nc1ccc2c(c1)OCCCO2. The molecule has 0 aliphatic carbocycles. The summed E-state index contributed by atoms with van der Waals surface area (Å²) in [5, 5.41) is 5.50. The van der Waals surface area contributed by atoms with Crippen molar-refractivity contribution >= 4 is 23.5 Å². The third kappa shape index (κ3) is 3.31. The van der Waals surface area contributed by atoms with Gasteiger partial charge in [0, 0.05) is 30.2 Å². The Kier molecular flexibility index (Phi) is 4.65. The molecule has 1 saturated heterocycles. The van der Waals surface area contributed by atoms with Crippen LogP contribution < -0.4 is 24.8 Å². The Bertz CT molecular complexity index is 1070. The molecule has 9 heteroatoms. The molecule has 1 unspecified atom stereocenters. The van der Waals surface area contributed by atoms with Gasteiger partial charge in [-0.3, -0.25) is 14.5 Å². The molecule has 4 amide bonds. The first-order valence-electron chi connectivity index (χ1n) is 10.1. The van der Waals surface area contributed by atoms with Crippen LogP contribution in [0.15, 0.2) is 42.5 Å². The first-order valence-corrected chi connectivity index (χ1v) is 10.1. The van der Waals surface area contributed by atoms with E-state index in [-0.39, 0.29) is 0 Å². The molecule has 0 aromatic heterocycles. The lowest BCUT2D eigenvalue weighted by atomic mass is 9.84. The molecule has 160 valence electrons. The van der Waals surface area contributed by atoms with Gasteiger partial charge in [-0.15, -0.1) is 0 Å². The lowest BCUT2D eigenvalue weighted by Gasteiger charge is -2.33. The molecule has 3 heterocycles. The number of imide groups is 1. The fourth-order valence-electron chi connectivity index (χ4n) is 4.10. The molecule has 0 bridgehead atoms. The molecule has 1 atom stereocenters. The fraction of sp³-hybridized carbons (Fsp3) is 0.318. The number of nitrogens with one attached hydrogen (secondary N) is 2. The van der Waals surface area contributed by atoms with Crippen molar-refractivity contribution in [3.8, 4) is 17.2 Å². The van der Waals surface area contributed by atoms with Crippen molar-refractivity contribution in [2.75, 3.05) is 31.7 Å². The Morgan fingerprint density at radius 1 is 1.00 bits per heavy atom. The van der Waals surface area contributed by atoms with E-state index in [9.17, 15) is 14.4 Å². The predicted molar refractivity (Wildman–Crippen MR) is 109 cm³/mol. The normalized spacial score (nSPS) is 21.7. The minimum absolute atomic E-state index is 0.292. The summed E-state index contributed by atoms with van der Waals surface area (Å²) >= 11 is 0. The summed E-state index contributed by atoms with van der Waals surface area (Å²) < 4.78 is 16.8. The average Bonchev–Trinajstić information content (AvgIpc) is 2.93. The lowest BCUT2D eigenvalue weighted by Crippen LogP contribution is -2.48. The minimum atomic E-state index is -1.21. The number of hydrogen-bond donors (Lipinski definition) is 2. The summed E-state index contributed by atoms with van der Waals surface area (Å²) in [5.41, 5.74) is -0.112. The maximum atomic E-state index is 13.2. The molecule has 3 aliphatic rings. The molecule has 1 spiro atoms. The Labute approximate surface area is 178 Å². The number of rotatable bonds is 3. The maximum Gasteiger partial charge on any atom is 0.325 e. The predicted octanol–water partition coefficient (Wildman–Crippen LogP) is 2.02. The molecule has 0 saturated carbocycles. The number of carbonyl (C=O) groups is 3. The Hall–Kier alpha value is -3.75. The molecule has 1 fully saturated rings. The number of benzene rings is 2. The van der Waals surface area contributed by atoms with Gasteiger partial charge in [-0.25, -0.2) is 4.79 Å². The number of nitrogens with zero attached hydrogens (tertiary/aromatic N) is 1. The van der Waals surface area contributed by atoms with Crippen LogP contribution in [0.4, 0.5) is 10.5 Å². The van der Waals surface area contributed by atoms with Gasteiger partial charge in [0.15, 0.2) is 17.0 Å². The molecule has 3 aliphatic heterocycles. The van der Waals surface area contributed by atoms with Gasteiger partial charge < -0.3 is 24.8 Å². The summed E-state index contributed by atoms with van der Waals surface area (Å²) in [6, 6.07) is 11.6. The van der Waals surface area contributed by atoms with E-state index in [0.29, 0.717) is 54.7 Å². The zero-order valence-electron chi connectivity index (χ0n) is 16.7. The van der Waals surface area contributed by atoms with Crippen LogP contribution >= 0.6 is 0 Å². The third-order valence-corrected chi connectivity index (χ3v) is 5.59. The number of anilines is 1. The number of carbonyl (C=O) groups excluding carboxylic acids is 3. The molecule has 5 rings (SSSR count). The Balaban J connectivity index is 1.32. The number of amides is 4. The van der Waals surface area contributed by atoms with Crippen molar-refractivity contribution in [1.82, 2.24) is 10.2 Å². The molecule has 9 nitrogen and oxygen atoms in total. The van der Waals surface area contributed by atoms with Gasteiger partial charge in [0.1, 0.15) is 12.3 Å². The molecule has 2 aromatic carbocycles. The van der Waals surface area contributed by atoms with Gasteiger partial charge >= 0.3 is 6.03 Å². The van der Waals surface area contributed by atoms with Crippen LogP contribution in [0.1, 0.15) is 18.4 Å². The highest BCUT2D eigenvalue weighted by molar-refractivity contribution is 6.10. The molecule has 31 heavy (non-hydrogen) atoms. The van der Waals surface area contributed by atoms with Gasteiger partial charge in [0.05, 0.1) is 19.8 Å². The van der Waals surface area contributed by atoms with Crippen LogP contribution in [0.25, 0.3) is 0 Å². The van der Waals surface area contributed by atoms with E-state index in [4.69, 9.17) is 14.2 Å². The maximum absolute atomic E-state index is 13.2. The zero-order chi connectivity index (χ0) is 21.4. The van der Waals surface area contributed by atoms with Crippen LogP contribution in [0, 0.1) is 0 Å². The van der Waals surface area contributed by atoms with Crippen LogP contribution in [0.5, 0.6) is 17.2 Å². The molecule has 2 aromatic rings. The van der Waals surface area contributed by atoms with Crippen molar-refractivity contribution in [3.05, 3.63) is 48.0 Å². The fourth-order valence-corrected chi connectivity index (χ4v) is 4.10. The second-order valence-corrected chi connectivity index (χ2v) is 7.58. The highest BCUT2D eigenvalue weighted by atomic mass is 16.5. The van der Waals surface area contributed by atoms with Gasteiger partial charge in [-0.05, 0) is 18.2 Å². The van der Waals surface area contributed by atoms with E-state index in [1.807, 2.05) is 0 Å². The third-order valence-electron chi connectivity index (χ3n) is 5.59. The highest BCUT2D eigenvalue weighted by Gasteiger charge is 2.55. The standard InChI is InChI=1S/C22H21N3O6/c26-19(23-14-6-7-17-18(12-14)30-10-3-9-29-17)13-25-20(27)22(24-21(25)28)8-11-31-16-5-2-1-4-15(16)22/h1-2,4-7,12H,3,8-11,13H2,(H,23,26)(H,24,28). The summed E-state index contributed by atoms with van der Waals surface area (Å²) in [4.78, 5) is 39.4. The van der Waals surface area contributed by atoms with Gasteiger partial charge in [0.25, 0.3) is 5.91 Å². The Morgan fingerprint density at radius 3 is 2.65 bits per heavy atom. The number of para-hydroxylation sites is 1. The smallest absolute Gasteiger partial charge is 0.325 e. The first kappa shape index (κ1) is 19.2. The summed E-state index contributed by atoms with van der Waals surface area (Å²) in [6.45, 7) is 0.991. The monoisotopic (exact) mass is 423 g/mol. The van der Waals surface area contributed by atoms with Crippen molar-refractivity contribution in [2.45, 2.75) is 18.4 Å². The van der Waals surface area contributed by atoms with Crippen molar-refractivity contribution in [1.29, 1.82) is 0 Å². The number of urea groups is 1. The second-order valence-electron chi connectivity index (χ2n) is 7.58. The zero-order valence-corrected chi connectivity index (χ0v) is 16.7. The molecule has 2 N–H and O–H groups in total. The van der Waals surface area contributed by atoms with Crippen LogP contribution in [-0.4, -0.2) is 49.1 Å². The molecule has 0 radical (unpaired) electrons.